The van der Waals surface area contributed by atoms with Crippen molar-refractivity contribution in [2.24, 2.45) is 5.73 Å². The smallest absolute Gasteiger partial charge is 0.0332 e. The molecule has 1 heterocycles. The Labute approximate surface area is 120 Å². The lowest BCUT2D eigenvalue weighted by atomic mass is 9.86. The van der Waals surface area contributed by atoms with Gasteiger partial charge in [0.15, 0.2) is 0 Å². The number of nitrogens with zero attached hydrogens (tertiary/aromatic N) is 2. The Hall–Kier alpha value is -0.120. The van der Waals surface area contributed by atoms with Crippen molar-refractivity contribution in [3.63, 3.8) is 0 Å². The molecule has 1 aliphatic heterocycles. The summed E-state index contributed by atoms with van der Waals surface area (Å²) < 4.78 is 0. The monoisotopic (exact) mass is 269 g/mol. The largest absolute Gasteiger partial charge is 0.329 e. The Morgan fingerprint density at radius 2 is 1.53 bits per heavy atom. The lowest BCUT2D eigenvalue weighted by molar-refractivity contribution is 0.0124. The lowest BCUT2D eigenvalue weighted by Crippen LogP contribution is -2.61. The van der Waals surface area contributed by atoms with Crippen molar-refractivity contribution in [1.29, 1.82) is 0 Å². The minimum absolute atomic E-state index is 0.269. The van der Waals surface area contributed by atoms with E-state index in [1.165, 1.54) is 58.3 Å². The Kier molecular flexibility index (Phi) is 7.33. The van der Waals surface area contributed by atoms with Gasteiger partial charge in [-0.1, -0.05) is 33.6 Å². The summed E-state index contributed by atoms with van der Waals surface area (Å²) in [5, 5.41) is 0. The van der Waals surface area contributed by atoms with Crippen LogP contribution in [0.15, 0.2) is 0 Å². The van der Waals surface area contributed by atoms with Crippen LogP contribution in [0.2, 0.25) is 0 Å². The Morgan fingerprint density at radius 3 is 1.89 bits per heavy atom. The first-order valence-corrected chi connectivity index (χ1v) is 8.32. The van der Waals surface area contributed by atoms with E-state index >= 15 is 0 Å². The molecule has 0 amide bonds. The van der Waals surface area contributed by atoms with E-state index in [0.717, 1.165) is 12.6 Å². The molecule has 1 aliphatic rings. The number of rotatable bonds is 8. The predicted octanol–water partition coefficient (Wildman–Crippen LogP) is 2.70. The van der Waals surface area contributed by atoms with Gasteiger partial charge in [0.2, 0.25) is 0 Å². The molecule has 19 heavy (non-hydrogen) atoms. The Bertz CT molecular complexity index is 228. The molecule has 0 aliphatic carbocycles. The molecule has 114 valence electrons. The Morgan fingerprint density at radius 1 is 1.00 bits per heavy atom. The fourth-order valence-corrected chi connectivity index (χ4v) is 3.60. The van der Waals surface area contributed by atoms with E-state index in [9.17, 15) is 0 Å². The summed E-state index contributed by atoms with van der Waals surface area (Å²) in [6, 6.07) is 0.728. The summed E-state index contributed by atoms with van der Waals surface area (Å²) in [5.74, 6) is 0. The van der Waals surface area contributed by atoms with Gasteiger partial charge in [-0.05, 0) is 26.2 Å². The topological polar surface area (TPSA) is 32.5 Å². The molecule has 1 fully saturated rings. The molecule has 1 saturated heterocycles. The molecular weight excluding hydrogens is 234 g/mol. The highest BCUT2D eigenvalue weighted by Gasteiger charge is 2.36. The molecule has 1 unspecified atom stereocenters. The number of hydrogen-bond donors (Lipinski definition) is 1. The molecule has 0 bridgehead atoms. The van der Waals surface area contributed by atoms with Crippen LogP contribution in [-0.4, -0.2) is 54.1 Å². The van der Waals surface area contributed by atoms with Gasteiger partial charge in [0.05, 0.1) is 0 Å². The first kappa shape index (κ1) is 16.9. The predicted molar refractivity (Wildman–Crippen MR) is 84.5 cm³/mol. The van der Waals surface area contributed by atoms with Gasteiger partial charge >= 0.3 is 0 Å². The average Bonchev–Trinajstić information content (AvgIpc) is 2.46. The fraction of sp³-hybridized carbons (Fsp3) is 1.00. The Balaban J connectivity index is 2.63. The van der Waals surface area contributed by atoms with Crippen LogP contribution in [0, 0.1) is 0 Å². The van der Waals surface area contributed by atoms with Gasteiger partial charge in [-0.25, -0.2) is 0 Å². The van der Waals surface area contributed by atoms with E-state index < -0.39 is 0 Å². The summed E-state index contributed by atoms with van der Waals surface area (Å²) in [6.07, 6.45) is 6.23. The standard InChI is InChI=1S/C16H35N3/c1-5-8-16(14-17,9-6-2)19-12-10-18(11-13-19)15(4)7-3/h15H,5-14,17H2,1-4H3. The zero-order valence-electron chi connectivity index (χ0n) is 13.6. The summed E-state index contributed by atoms with van der Waals surface area (Å²) in [4.78, 5) is 5.33. The van der Waals surface area contributed by atoms with Gasteiger partial charge < -0.3 is 5.73 Å². The maximum absolute atomic E-state index is 6.18. The zero-order chi connectivity index (χ0) is 14.3. The number of piperazine rings is 1. The normalized spacial score (nSPS) is 20.7. The van der Waals surface area contributed by atoms with Gasteiger partial charge in [0.1, 0.15) is 0 Å². The second-order valence-electron chi connectivity index (χ2n) is 6.21. The molecule has 0 radical (unpaired) electrons. The van der Waals surface area contributed by atoms with Crippen LogP contribution in [-0.2, 0) is 0 Å². The minimum atomic E-state index is 0.269. The lowest BCUT2D eigenvalue weighted by Gasteiger charge is -2.48. The van der Waals surface area contributed by atoms with Crippen molar-refractivity contribution in [3.8, 4) is 0 Å². The van der Waals surface area contributed by atoms with Crippen LogP contribution < -0.4 is 5.73 Å². The molecule has 1 rings (SSSR count). The molecule has 0 aromatic rings. The second-order valence-corrected chi connectivity index (χ2v) is 6.21. The molecule has 0 aromatic carbocycles. The van der Waals surface area contributed by atoms with Crippen molar-refractivity contribution >= 4 is 0 Å². The van der Waals surface area contributed by atoms with Gasteiger partial charge in [-0.2, -0.15) is 0 Å². The third-order valence-corrected chi connectivity index (χ3v) is 5.01. The van der Waals surface area contributed by atoms with Crippen LogP contribution in [0.3, 0.4) is 0 Å². The molecule has 2 N–H and O–H groups in total. The van der Waals surface area contributed by atoms with Crippen LogP contribution in [0.4, 0.5) is 0 Å². The third kappa shape index (κ3) is 4.17. The van der Waals surface area contributed by atoms with E-state index in [1.54, 1.807) is 0 Å². The second kappa shape index (κ2) is 8.23. The highest BCUT2D eigenvalue weighted by Crippen LogP contribution is 2.28. The van der Waals surface area contributed by atoms with Gasteiger partial charge in [0.25, 0.3) is 0 Å². The quantitative estimate of drug-likeness (QED) is 0.735. The molecule has 0 saturated carbocycles. The van der Waals surface area contributed by atoms with Crippen molar-refractivity contribution in [2.75, 3.05) is 32.7 Å². The van der Waals surface area contributed by atoms with Crippen LogP contribution in [0.5, 0.6) is 0 Å². The molecule has 0 aromatic heterocycles. The van der Waals surface area contributed by atoms with E-state index in [-0.39, 0.29) is 5.54 Å². The number of nitrogens with two attached hydrogens (primary N) is 1. The maximum Gasteiger partial charge on any atom is 0.0332 e. The number of hydrogen-bond acceptors (Lipinski definition) is 3. The summed E-state index contributed by atoms with van der Waals surface area (Å²) in [5.41, 5.74) is 6.44. The van der Waals surface area contributed by atoms with Gasteiger partial charge in [-0.15, -0.1) is 0 Å². The molecule has 3 nitrogen and oxygen atoms in total. The van der Waals surface area contributed by atoms with Crippen molar-refractivity contribution in [3.05, 3.63) is 0 Å². The minimum Gasteiger partial charge on any atom is -0.329 e. The van der Waals surface area contributed by atoms with Crippen molar-refractivity contribution in [2.45, 2.75) is 71.4 Å². The molecule has 1 atom stereocenters. The van der Waals surface area contributed by atoms with Crippen LogP contribution >= 0.6 is 0 Å². The van der Waals surface area contributed by atoms with Gasteiger partial charge in [0, 0.05) is 44.3 Å². The van der Waals surface area contributed by atoms with Crippen LogP contribution in [0.1, 0.15) is 59.8 Å². The van der Waals surface area contributed by atoms with Crippen molar-refractivity contribution in [1.82, 2.24) is 9.80 Å². The fourth-order valence-electron chi connectivity index (χ4n) is 3.60. The van der Waals surface area contributed by atoms with E-state index in [4.69, 9.17) is 5.73 Å². The van der Waals surface area contributed by atoms with Crippen LogP contribution in [0.25, 0.3) is 0 Å². The van der Waals surface area contributed by atoms with E-state index in [1.807, 2.05) is 0 Å². The molecule has 0 spiro atoms. The van der Waals surface area contributed by atoms with Gasteiger partial charge in [-0.3, -0.25) is 9.80 Å². The summed E-state index contributed by atoms with van der Waals surface area (Å²) in [6.45, 7) is 14.8. The zero-order valence-corrected chi connectivity index (χ0v) is 13.6. The van der Waals surface area contributed by atoms with Crippen molar-refractivity contribution < 1.29 is 0 Å². The SMILES string of the molecule is CCCC(CN)(CCC)N1CCN(C(C)CC)CC1. The first-order chi connectivity index (χ1) is 9.13. The average molecular weight is 269 g/mol. The van der Waals surface area contributed by atoms with E-state index in [0.29, 0.717) is 0 Å². The maximum atomic E-state index is 6.18. The first-order valence-electron chi connectivity index (χ1n) is 8.32. The highest BCUT2D eigenvalue weighted by molar-refractivity contribution is 4.94. The summed E-state index contributed by atoms with van der Waals surface area (Å²) in [7, 11) is 0. The molecular formula is C16H35N3. The third-order valence-electron chi connectivity index (χ3n) is 5.01. The molecule has 3 heteroatoms. The van der Waals surface area contributed by atoms with E-state index in [2.05, 4.69) is 37.5 Å². The highest BCUT2D eigenvalue weighted by atomic mass is 15.3. The summed E-state index contributed by atoms with van der Waals surface area (Å²) >= 11 is 0.